The smallest absolute Gasteiger partial charge is 0.155 e. The van der Waals surface area contributed by atoms with Crippen LogP contribution in [0.5, 0.6) is 0 Å². The molecular weight excluding hydrogens is 168 g/mol. The number of pyridine rings is 1. The van der Waals surface area contributed by atoms with E-state index in [-0.39, 0.29) is 0 Å². The summed E-state index contributed by atoms with van der Waals surface area (Å²) in [5.41, 5.74) is 3.35. The van der Waals surface area contributed by atoms with Gasteiger partial charge in [0, 0.05) is 11.8 Å². The molecule has 6 nitrogen and oxygen atoms in total. The van der Waals surface area contributed by atoms with E-state index >= 15 is 0 Å². The molecule has 0 atom stereocenters. The Morgan fingerprint density at radius 1 is 1.38 bits per heavy atom. The van der Waals surface area contributed by atoms with Crippen LogP contribution < -0.4 is 11.3 Å². The second-order valence-corrected chi connectivity index (χ2v) is 2.41. The molecule has 0 aliphatic heterocycles. The van der Waals surface area contributed by atoms with Gasteiger partial charge >= 0.3 is 0 Å². The van der Waals surface area contributed by atoms with Crippen molar-refractivity contribution in [2.24, 2.45) is 5.84 Å². The second kappa shape index (κ2) is 3.20. The number of nitrogens with two attached hydrogens (primary N) is 1. The van der Waals surface area contributed by atoms with Gasteiger partial charge in [0.1, 0.15) is 12.1 Å². The number of aromatic nitrogens is 4. The van der Waals surface area contributed by atoms with Gasteiger partial charge in [-0.3, -0.25) is 5.10 Å². The van der Waals surface area contributed by atoms with Crippen molar-refractivity contribution in [1.29, 1.82) is 0 Å². The van der Waals surface area contributed by atoms with Gasteiger partial charge in [0.05, 0.1) is 0 Å². The topological polar surface area (TPSA) is 92.5 Å². The molecule has 0 aliphatic carbocycles. The van der Waals surface area contributed by atoms with Crippen molar-refractivity contribution in [3.63, 3.8) is 0 Å². The molecule has 0 radical (unpaired) electrons. The molecule has 13 heavy (non-hydrogen) atoms. The number of nitrogens with one attached hydrogen (secondary N) is 2. The zero-order chi connectivity index (χ0) is 9.10. The number of anilines is 1. The second-order valence-electron chi connectivity index (χ2n) is 2.41. The minimum atomic E-state index is 0.592. The maximum Gasteiger partial charge on any atom is 0.155 e. The summed E-state index contributed by atoms with van der Waals surface area (Å²) in [6.45, 7) is 0. The lowest BCUT2D eigenvalue weighted by Crippen LogP contribution is -2.08. The standard InChI is InChI=1S/C7H8N6/c8-12-6-3-5(1-2-9-6)7-10-4-11-13-7/h1-4H,8H2,(H,9,12)(H,10,11,13). The van der Waals surface area contributed by atoms with Gasteiger partial charge in [0.25, 0.3) is 0 Å². The molecule has 2 heterocycles. The largest absolute Gasteiger partial charge is 0.308 e. The molecule has 0 aromatic carbocycles. The molecule has 6 heteroatoms. The zero-order valence-electron chi connectivity index (χ0n) is 6.73. The number of H-pyrrole nitrogens is 1. The first-order valence-electron chi connectivity index (χ1n) is 3.68. The number of hydrazine groups is 1. The van der Waals surface area contributed by atoms with Gasteiger partial charge in [-0.15, -0.1) is 0 Å². The molecule has 0 fully saturated rings. The average molecular weight is 176 g/mol. The van der Waals surface area contributed by atoms with Gasteiger partial charge in [0.2, 0.25) is 0 Å². The number of aromatic amines is 1. The summed E-state index contributed by atoms with van der Waals surface area (Å²) >= 11 is 0. The van der Waals surface area contributed by atoms with E-state index in [0.29, 0.717) is 11.6 Å². The molecular formula is C7H8N6. The fourth-order valence-electron chi connectivity index (χ4n) is 1.00. The Kier molecular flexibility index (Phi) is 1.89. The van der Waals surface area contributed by atoms with Crippen LogP contribution >= 0.6 is 0 Å². The molecule has 0 amide bonds. The van der Waals surface area contributed by atoms with Crippen LogP contribution in [0.3, 0.4) is 0 Å². The molecule has 2 rings (SSSR count). The van der Waals surface area contributed by atoms with Gasteiger partial charge in [-0.2, -0.15) is 5.10 Å². The van der Waals surface area contributed by atoms with Crippen molar-refractivity contribution >= 4 is 5.82 Å². The summed E-state index contributed by atoms with van der Waals surface area (Å²) in [4.78, 5) is 7.97. The molecule has 0 bridgehead atoms. The molecule has 0 unspecified atom stereocenters. The Morgan fingerprint density at radius 3 is 3.00 bits per heavy atom. The summed E-state index contributed by atoms with van der Waals surface area (Å²) in [7, 11) is 0. The Labute approximate surface area is 74.2 Å². The first kappa shape index (κ1) is 7.69. The monoisotopic (exact) mass is 176 g/mol. The van der Waals surface area contributed by atoms with E-state index in [0.717, 1.165) is 5.56 Å². The Morgan fingerprint density at radius 2 is 2.31 bits per heavy atom. The van der Waals surface area contributed by atoms with E-state index in [1.165, 1.54) is 6.33 Å². The van der Waals surface area contributed by atoms with E-state index < -0.39 is 0 Å². The lowest BCUT2D eigenvalue weighted by Gasteiger charge is -1.99. The third-order valence-electron chi connectivity index (χ3n) is 1.60. The molecule has 2 aromatic rings. The Hall–Kier alpha value is -1.95. The molecule has 0 saturated carbocycles. The number of rotatable bonds is 2. The van der Waals surface area contributed by atoms with Crippen LogP contribution in [0.4, 0.5) is 5.82 Å². The predicted molar refractivity (Wildman–Crippen MR) is 47.4 cm³/mol. The summed E-state index contributed by atoms with van der Waals surface area (Å²) < 4.78 is 0. The first-order valence-corrected chi connectivity index (χ1v) is 3.68. The van der Waals surface area contributed by atoms with Crippen LogP contribution in [0.15, 0.2) is 24.7 Å². The molecule has 4 N–H and O–H groups in total. The van der Waals surface area contributed by atoms with E-state index in [1.807, 2.05) is 6.07 Å². The van der Waals surface area contributed by atoms with Crippen LogP contribution in [0.25, 0.3) is 11.4 Å². The molecule has 0 spiro atoms. The van der Waals surface area contributed by atoms with Crippen molar-refractivity contribution in [2.45, 2.75) is 0 Å². The highest BCUT2D eigenvalue weighted by atomic mass is 15.2. The van der Waals surface area contributed by atoms with Crippen LogP contribution in [0, 0.1) is 0 Å². The van der Waals surface area contributed by atoms with Crippen molar-refractivity contribution in [3.8, 4) is 11.4 Å². The van der Waals surface area contributed by atoms with Gasteiger partial charge in [-0.05, 0) is 12.1 Å². The predicted octanol–water partition coefficient (Wildman–Crippen LogP) is 0.152. The van der Waals surface area contributed by atoms with Crippen LogP contribution in [-0.4, -0.2) is 20.2 Å². The van der Waals surface area contributed by atoms with Crippen molar-refractivity contribution in [1.82, 2.24) is 20.2 Å². The van der Waals surface area contributed by atoms with Gasteiger partial charge < -0.3 is 5.43 Å². The molecule has 2 aromatic heterocycles. The van der Waals surface area contributed by atoms with Crippen molar-refractivity contribution in [2.75, 3.05) is 5.43 Å². The molecule has 0 saturated heterocycles. The maximum absolute atomic E-state index is 5.21. The van der Waals surface area contributed by atoms with Gasteiger partial charge in [0.15, 0.2) is 5.82 Å². The summed E-state index contributed by atoms with van der Waals surface area (Å²) in [5.74, 6) is 6.50. The Bertz CT molecular complexity index is 382. The summed E-state index contributed by atoms with van der Waals surface area (Å²) in [6.07, 6.45) is 3.10. The van der Waals surface area contributed by atoms with E-state index in [9.17, 15) is 0 Å². The SMILES string of the molecule is NNc1cc(-c2ncn[nH]2)ccn1. The van der Waals surface area contributed by atoms with E-state index in [1.54, 1.807) is 12.3 Å². The van der Waals surface area contributed by atoms with Crippen molar-refractivity contribution in [3.05, 3.63) is 24.7 Å². The lowest BCUT2D eigenvalue weighted by molar-refractivity contribution is 1.09. The fourth-order valence-corrected chi connectivity index (χ4v) is 1.00. The normalized spacial score (nSPS) is 9.92. The molecule has 0 aliphatic rings. The number of hydrogen-bond acceptors (Lipinski definition) is 5. The average Bonchev–Trinajstić information content (AvgIpc) is 2.71. The van der Waals surface area contributed by atoms with Crippen LogP contribution in [0.1, 0.15) is 0 Å². The molecule has 66 valence electrons. The van der Waals surface area contributed by atoms with Gasteiger partial charge in [-0.25, -0.2) is 15.8 Å². The third kappa shape index (κ3) is 1.47. The number of hydrogen-bond donors (Lipinski definition) is 3. The van der Waals surface area contributed by atoms with E-state index in [4.69, 9.17) is 5.84 Å². The van der Waals surface area contributed by atoms with Crippen molar-refractivity contribution < 1.29 is 0 Å². The summed E-state index contributed by atoms with van der Waals surface area (Å²) in [6, 6.07) is 3.60. The fraction of sp³-hybridized carbons (Fsp3) is 0. The highest BCUT2D eigenvalue weighted by Crippen LogP contribution is 2.15. The number of nitrogens with zero attached hydrogens (tertiary/aromatic N) is 3. The minimum absolute atomic E-state index is 0.592. The minimum Gasteiger partial charge on any atom is -0.308 e. The lowest BCUT2D eigenvalue weighted by atomic mass is 10.2. The first-order chi connectivity index (χ1) is 6.40. The summed E-state index contributed by atoms with van der Waals surface area (Å²) in [5, 5.41) is 6.49. The highest BCUT2D eigenvalue weighted by Gasteiger charge is 2.00. The van der Waals surface area contributed by atoms with Crippen LogP contribution in [0.2, 0.25) is 0 Å². The van der Waals surface area contributed by atoms with E-state index in [2.05, 4.69) is 25.6 Å². The highest BCUT2D eigenvalue weighted by molar-refractivity contribution is 5.58. The van der Waals surface area contributed by atoms with Gasteiger partial charge in [-0.1, -0.05) is 0 Å². The third-order valence-corrected chi connectivity index (χ3v) is 1.60. The van der Waals surface area contributed by atoms with Crippen LogP contribution in [-0.2, 0) is 0 Å². The quantitative estimate of drug-likeness (QED) is 0.447. The number of nitrogen functional groups attached to an aromatic ring is 1. The zero-order valence-corrected chi connectivity index (χ0v) is 6.73. The Balaban J connectivity index is 2.41. The maximum atomic E-state index is 5.21.